The van der Waals surface area contributed by atoms with Crippen LogP contribution in [0.4, 0.5) is 0 Å². The lowest BCUT2D eigenvalue weighted by atomic mass is 10.3. The molecule has 1 saturated carbocycles. The van der Waals surface area contributed by atoms with Gasteiger partial charge in [0, 0.05) is 17.5 Å². The lowest BCUT2D eigenvalue weighted by Crippen LogP contribution is -3.11. The van der Waals surface area contributed by atoms with Crippen molar-refractivity contribution in [2.75, 3.05) is 26.7 Å². The first kappa shape index (κ1) is 15.0. The summed E-state index contributed by atoms with van der Waals surface area (Å²) in [6.45, 7) is 1.35. The number of likely N-dealkylation sites (N-methyl/N-ethyl adjacent to an activating group) is 1. The number of amides is 2. The van der Waals surface area contributed by atoms with Crippen LogP contribution in [-0.2, 0) is 16.0 Å². The first-order valence-electron chi connectivity index (χ1n) is 7.03. The molecule has 0 bridgehead atoms. The Labute approximate surface area is 123 Å². The van der Waals surface area contributed by atoms with E-state index in [0.29, 0.717) is 25.7 Å². The first-order chi connectivity index (χ1) is 9.63. The molecule has 0 saturated heterocycles. The Bertz CT molecular complexity index is 443. The van der Waals surface area contributed by atoms with Crippen molar-refractivity contribution in [2.24, 2.45) is 0 Å². The van der Waals surface area contributed by atoms with Crippen LogP contribution in [0.1, 0.15) is 17.7 Å². The summed E-state index contributed by atoms with van der Waals surface area (Å²) in [6.07, 6.45) is 3.05. The average molecular weight is 296 g/mol. The van der Waals surface area contributed by atoms with E-state index in [9.17, 15) is 9.59 Å². The maximum absolute atomic E-state index is 11.7. The second-order valence-electron chi connectivity index (χ2n) is 5.33. The number of hydrogen-bond donors (Lipinski definition) is 3. The van der Waals surface area contributed by atoms with Gasteiger partial charge in [-0.3, -0.25) is 9.59 Å². The van der Waals surface area contributed by atoms with Crippen molar-refractivity contribution in [3.05, 3.63) is 22.4 Å². The quantitative estimate of drug-likeness (QED) is 0.588. The van der Waals surface area contributed by atoms with Gasteiger partial charge in [-0.25, -0.2) is 0 Å². The fourth-order valence-corrected chi connectivity index (χ4v) is 2.67. The zero-order chi connectivity index (χ0) is 14.4. The Kier molecular flexibility index (Phi) is 5.55. The van der Waals surface area contributed by atoms with Crippen LogP contribution in [0, 0.1) is 0 Å². The van der Waals surface area contributed by atoms with Gasteiger partial charge in [-0.15, -0.1) is 11.3 Å². The van der Waals surface area contributed by atoms with Gasteiger partial charge < -0.3 is 15.5 Å². The standard InChI is InChI=1S/C14H21N3O2S/c1-17(10-14(19)16-11-4-5-11)9-13(18)15-7-6-12-3-2-8-20-12/h2-3,8,11H,4-7,9-10H2,1H3,(H,15,18)(H,16,19)/p+1. The summed E-state index contributed by atoms with van der Waals surface area (Å²) in [7, 11) is 1.87. The van der Waals surface area contributed by atoms with Gasteiger partial charge in [-0.1, -0.05) is 6.07 Å². The largest absolute Gasteiger partial charge is 0.351 e. The average Bonchev–Trinajstić information content (AvgIpc) is 3.02. The minimum Gasteiger partial charge on any atom is -0.351 e. The third kappa shape index (κ3) is 5.71. The van der Waals surface area contributed by atoms with E-state index in [4.69, 9.17) is 0 Å². The Morgan fingerprint density at radius 1 is 1.35 bits per heavy atom. The SMILES string of the molecule is C[NH+](CC(=O)NCCc1cccs1)CC(=O)NC1CC1. The molecule has 1 aromatic rings. The van der Waals surface area contributed by atoms with Crippen molar-refractivity contribution in [3.8, 4) is 0 Å². The van der Waals surface area contributed by atoms with E-state index in [1.165, 1.54) is 4.88 Å². The molecule has 1 fully saturated rings. The summed E-state index contributed by atoms with van der Waals surface area (Å²) >= 11 is 1.70. The maximum atomic E-state index is 11.7. The first-order valence-corrected chi connectivity index (χ1v) is 7.91. The van der Waals surface area contributed by atoms with Gasteiger partial charge in [-0.05, 0) is 30.7 Å². The fraction of sp³-hybridized carbons (Fsp3) is 0.571. The topological polar surface area (TPSA) is 62.6 Å². The van der Waals surface area contributed by atoms with Crippen LogP contribution in [0.2, 0.25) is 0 Å². The Balaban J connectivity index is 1.56. The summed E-state index contributed by atoms with van der Waals surface area (Å²) in [6, 6.07) is 4.46. The summed E-state index contributed by atoms with van der Waals surface area (Å²) in [5.41, 5.74) is 0. The predicted molar refractivity (Wildman–Crippen MR) is 78.8 cm³/mol. The lowest BCUT2D eigenvalue weighted by molar-refractivity contribution is -0.862. The van der Waals surface area contributed by atoms with E-state index >= 15 is 0 Å². The van der Waals surface area contributed by atoms with Gasteiger partial charge in [0.15, 0.2) is 13.1 Å². The molecule has 1 aliphatic rings. The van der Waals surface area contributed by atoms with E-state index in [0.717, 1.165) is 24.2 Å². The molecule has 1 aliphatic carbocycles. The van der Waals surface area contributed by atoms with Gasteiger partial charge in [0.05, 0.1) is 7.05 Å². The molecule has 2 amide bonds. The molecule has 110 valence electrons. The van der Waals surface area contributed by atoms with Gasteiger partial charge >= 0.3 is 0 Å². The number of nitrogens with one attached hydrogen (secondary N) is 3. The lowest BCUT2D eigenvalue weighted by Gasteiger charge is -2.13. The molecular weight excluding hydrogens is 274 g/mol. The molecule has 1 aromatic heterocycles. The minimum absolute atomic E-state index is 0.00159. The van der Waals surface area contributed by atoms with Gasteiger partial charge in [0.2, 0.25) is 0 Å². The molecule has 0 spiro atoms. The minimum atomic E-state index is -0.00159. The van der Waals surface area contributed by atoms with Crippen LogP contribution < -0.4 is 15.5 Å². The van der Waals surface area contributed by atoms with Crippen molar-refractivity contribution in [1.29, 1.82) is 0 Å². The fourth-order valence-electron chi connectivity index (χ4n) is 1.96. The molecule has 6 heteroatoms. The zero-order valence-corrected chi connectivity index (χ0v) is 12.6. The number of hydrogen-bond acceptors (Lipinski definition) is 3. The van der Waals surface area contributed by atoms with Gasteiger partial charge in [0.25, 0.3) is 11.8 Å². The number of quaternary nitrogens is 1. The smallest absolute Gasteiger partial charge is 0.275 e. The second kappa shape index (κ2) is 7.40. The van der Waals surface area contributed by atoms with Crippen LogP contribution in [-0.4, -0.2) is 44.5 Å². The highest BCUT2D eigenvalue weighted by Gasteiger charge is 2.24. The normalized spacial score (nSPS) is 15.7. The van der Waals surface area contributed by atoms with Crippen LogP contribution in [0.5, 0.6) is 0 Å². The second-order valence-corrected chi connectivity index (χ2v) is 6.36. The summed E-state index contributed by atoms with van der Waals surface area (Å²) in [5, 5.41) is 7.86. The van der Waals surface area contributed by atoms with Crippen LogP contribution >= 0.6 is 11.3 Å². The summed E-state index contributed by atoms with van der Waals surface area (Å²) in [4.78, 5) is 25.5. The van der Waals surface area contributed by atoms with Crippen LogP contribution in [0.15, 0.2) is 17.5 Å². The van der Waals surface area contributed by atoms with E-state index in [1.807, 2.05) is 18.5 Å². The predicted octanol–water partition coefficient (Wildman–Crippen LogP) is -0.800. The van der Waals surface area contributed by atoms with Crippen molar-refractivity contribution in [1.82, 2.24) is 10.6 Å². The highest BCUT2D eigenvalue weighted by molar-refractivity contribution is 7.09. The van der Waals surface area contributed by atoms with Crippen LogP contribution in [0.25, 0.3) is 0 Å². The Morgan fingerprint density at radius 2 is 2.10 bits per heavy atom. The molecule has 1 heterocycles. The van der Waals surface area contributed by atoms with E-state index in [1.54, 1.807) is 11.3 Å². The van der Waals surface area contributed by atoms with Gasteiger partial charge in [0.1, 0.15) is 0 Å². The van der Waals surface area contributed by atoms with E-state index in [2.05, 4.69) is 16.7 Å². The van der Waals surface area contributed by atoms with Crippen molar-refractivity contribution >= 4 is 23.2 Å². The molecular formula is C14H22N3O2S+. The van der Waals surface area contributed by atoms with Crippen molar-refractivity contribution < 1.29 is 14.5 Å². The highest BCUT2D eigenvalue weighted by Crippen LogP contribution is 2.17. The number of carbonyl (C=O) groups excluding carboxylic acids is 2. The summed E-state index contributed by atoms with van der Waals surface area (Å²) in [5.74, 6) is 0.0367. The molecule has 0 radical (unpaired) electrons. The molecule has 5 nitrogen and oxygen atoms in total. The van der Waals surface area contributed by atoms with E-state index in [-0.39, 0.29) is 11.8 Å². The third-order valence-electron chi connectivity index (χ3n) is 3.14. The van der Waals surface area contributed by atoms with Crippen LogP contribution in [0.3, 0.4) is 0 Å². The molecule has 20 heavy (non-hydrogen) atoms. The molecule has 1 unspecified atom stereocenters. The number of thiophene rings is 1. The van der Waals surface area contributed by atoms with Crippen molar-refractivity contribution in [2.45, 2.75) is 25.3 Å². The highest BCUT2D eigenvalue weighted by atomic mass is 32.1. The molecule has 0 aromatic carbocycles. The Morgan fingerprint density at radius 3 is 2.75 bits per heavy atom. The van der Waals surface area contributed by atoms with E-state index < -0.39 is 0 Å². The monoisotopic (exact) mass is 296 g/mol. The Hall–Kier alpha value is -1.40. The number of carbonyl (C=O) groups is 2. The van der Waals surface area contributed by atoms with Crippen molar-refractivity contribution in [3.63, 3.8) is 0 Å². The van der Waals surface area contributed by atoms with Gasteiger partial charge in [-0.2, -0.15) is 0 Å². The number of rotatable bonds is 8. The zero-order valence-electron chi connectivity index (χ0n) is 11.8. The summed E-state index contributed by atoms with van der Waals surface area (Å²) < 4.78 is 0. The molecule has 0 aliphatic heterocycles. The molecule has 3 N–H and O–H groups in total. The third-order valence-corrected chi connectivity index (χ3v) is 4.08. The maximum Gasteiger partial charge on any atom is 0.275 e. The molecule has 2 rings (SSSR count). The molecule has 1 atom stereocenters.